The van der Waals surface area contributed by atoms with Gasteiger partial charge in [-0.05, 0) is 53.9 Å². The minimum Gasteiger partial charge on any atom is -0.465 e. The molecule has 0 unspecified atom stereocenters. The van der Waals surface area contributed by atoms with Crippen molar-refractivity contribution in [1.29, 1.82) is 0 Å². The molecule has 0 aliphatic carbocycles. The zero-order valence-electron chi connectivity index (χ0n) is 14.7. The number of nitrogens with one attached hydrogen (secondary N) is 2. The smallest absolute Gasteiger partial charge is 0.337 e. The average molecular weight is 416 g/mol. The van der Waals surface area contributed by atoms with Crippen molar-refractivity contribution in [2.24, 2.45) is 0 Å². The minimum absolute atomic E-state index is 0.208. The van der Waals surface area contributed by atoms with Crippen LogP contribution in [0, 0.1) is 0 Å². The fourth-order valence-corrected chi connectivity index (χ4v) is 4.41. The molecule has 0 atom stereocenters. The van der Waals surface area contributed by atoms with Crippen LogP contribution in [0.4, 0.5) is 11.4 Å². The summed E-state index contributed by atoms with van der Waals surface area (Å²) in [6.07, 6.45) is 0. The molecule has 1 amide bonds. The Kier molecular flexibility index (Phi) is 5.76. The second-order valence-electron chi connectivity index (χ2n) is 5.64. The monoisotopic (exact) mass is 416 g/mol. The molecule has 3 aromatic rings. The molecular formula is C19H16N2O5S2. The van der Waals surface area contributed by atoms with Crippen LogP contribution in [-0.2, 0) is 14.8 Å². The topological polar surface area (TPSA) is 102 Å². The molecule has 28 heavy (non-hydrogen) atoms. The zero-order valence-corrected chi connectivity index (χ0v) is 16.3. The number of amides is 1. The largest absolute Gasteiger partial charge is 0.465 e. The number of hydrogen-bond acceptors (Lipinski definition) is 6. The lowest BCUT2D eigenvalue weighted by Gasteiger charge is -2.09. The Balaban J connectivity index is 1.70. The summed E-state index contributed by atoms with van der Waals surface area (Å²) in [7, 11) is -2.36. The van der Waals surface area contributed by atoms with Crippen LogP contribution in [0.5, 0.6) is 0 Å². The number of hydrogen-bond donors (Lipinski definition) is 2. The van der Waals surface area contributed by atoms with E-state index in [1.807, 2.05) is 0 Å². The van der Waals surface area contributed by atoms with Crippen molar-refractivity contribution in [3.05, 3.63) is 77.2 Å². The Morgan fingerprint density at radius 2 is 1.68 bits per heavy atom. The van der Waals surface area contributed by atoms with Crippen molar-refractivity contribution in [2.75, 3.05) is 17.1 Å². The highest BCUT2D eigenvalue weighted by Crippen LogP contribution is 2.21. The van der Waals surface area contributed by atoms with E-state index in [0.717, 1.165) is 11.3 Å². The molecule has 0 aliphatic heterocycles. The van der Waals surface area contributed by atoms with Gasteiger partial charge in [-0.3, -0.25) is 9.52 Å². The van der Waals surface area contributed by atoms with E-state index in [0.29, 0.717) is 22.5 Å². The Morgan fingerprint density at radius 3 is 2.32 bits per heavy atom. The Morgan fingerprint density at radius 1 is 0.929 bits per heavy atom. The van der Waals surface area contributed by atoms with E-state index >= 15 is 0 Å². The summed E-state index contributed by atoms with van der Waals surface area (Å²) >= 11 is 1.12. The molecule has 0 saturated heterocycles. The number of carbonyl (C=O) groups excluding carboxylic acids is 2. The summed E-state index contributed by atoms with van der Waals surface area (Å²) in [6, 6.07) is 15.5. The van der Waals surface area contributed by atoms with Crippen molar-refractivity contribution < 1.29 is 22.7 Å². The number of rotatable bonds is 6. The summed E-state index contributed by atoms with van der Waals surface area (Å²) < 4.78 is 31.8. The molecular weight excluding hydrogens is 400 g/mol. The first-order valence-electron chi connectivity index (χ1n) is 8.05. The highest BCUT2D eigenvalue weighted by molar-refractivity contribution is 7.94. The number of thiophene rings is 1. The van der Waals surface area contributed by atoms with Gasteiger partial charge in [0.2, 0.25) is 0 Å². The molecule has 0 bridgehead atoms. The summed E-state index contributed by atoms with van der Waals surface area (Å²) in [6.45, 7) is 0. The van der Waals surface area contributed by atoms with Gasteiger partial charge in [-0.1, -0.05) is 12.1 Å². The minimum atomic E-state index is -3.64. The first-order chi connectivity index (χ1) is 13.4. The number of anilines is 2. The number of methoxy groups -OCH3 is 1. The van der Waals surface area contributed by atoms with Gasteiger partial charge in [0, 0.05) is 16.9 Å². The van der Waals surface area contributed by atoms with Gasteiger partial charge in [0.25, 0.3) is 15.9 Å². The SMILES string of the molecule is COC(=O)c1cccc(NC(=O)c2ccc(NS(=O)(=O)c3cccs3)cc2)c1. The standard InChI is InChI=1S/C19H16N2O5S2/c1-26-19(23)14-4-2-5-16(12-14)20-18(22)13-7-9-15(10-8-13)21-28(24,25)17-6-3-11-27-17/h2-12,21H,1H3,(H,20,22). The number of benzene rings is 2. The lowest BCUT2D eigenvalue weighted by atomic mass is 10.1. The lowest BCUT2D eigenvalue weighted by Crippen LogP contribution is -2.14. The van der Waals surface area contributed by atoms with Gasteiger partial charge in [-0.15, -0.1) is 11.3 Å². The predicted molar refractivity (Wildman–Crippen MR) is 107 cm³/mol. The molecule has 0 aliphatic rings. The van der Waals surface area contributed by atoms with E-state index < -0.39 is 21.9 Å². The third-order valence-electron chi connectivity index (χ3n) is 3.70. The Bertz CT molecular complexity index is 1090. The maximum absolute atomic E-state index is 12.4. The molecule has 1 heterocycles. The summed E-state index contributed by atoms with van der Waals surface area (Å²) in [4.78, 5) is 24.0. The number of esters is 1. The lowest BCUT2D eigenvalue weighted by molar-refractivity contribution is 0.0600. The van der Waals surface area contributed by atoms with Gasteiger partial charge < -0.3 is 10.1 Å². The second-order valence-corrected chi connectivity index (χ2v) is 8.50. The fourth-order valence-electron chi connectivity index (χ4n) is 2.36. The van der Waals surface area contributed by atoms with Crippen LogP contribution in [-0.4, -0.2) is 27.4 Å². The molecule has 0 saturated carbocycles. The molecule has 0 fully saturated rings. The third-order valence-corrected chi connectivity index (χ3v) is 6.48. The van der Waals surface area contributed by atoms with Crippen molar-refractivity contribution in [3.8, 4) is 0 Å². The number of sulfonamides is 1. The van der Waals surface area contributed by atoms with Crippen molar-refractivity contribution >= 4 is 44.6 Å². The van der Waals surface area contributed by atoms with Gasteiger partial charge in [-0.2, -0.15) is 0 Å². The van der Waals surface area contributed by atoms with E-state index in [2.05, 4.69) is 14.8 Å². The van der Waals surface area contributed by atoms with Crippen LogP contribution in [0.3, 0.4) is 0 Å². The fraction of sp³-hybridized carbons (Fsp3) is 0.0526. The molecule has 7 nitrogen and oxygen atoms in total. The molecule has 1 aromatic heterocycles. The van der Waals surface area contributed by atoms with Crippen LogP contribution in [0.25, 0.3) is 0 Å². The van der Waals surface area contributed by atoms with Crippen molar-refractivity contribution in [1.82, 2.24) is 0 Å². The van der Waals surface area contributed by atoms with E-state index in [9.17, 15) is 18.0 Å². The van der Waals surface area contributed by atoms with Crippen LogP contribution in [0.15, 0.2) is 70.3 Å². The molecule has 9 heteroatoms. The molecule has 0 radical (unpaired) electrons. The van der Waals surface area contributed by atoms with Gasteiger partial charge in [0.1, 0.15) is 4.21 Å². The van der Waals surface area contributed by atoms with Gasteiger partial charge in [-0.25, -0.2) is 13.2 Å². The van der Waals surface area contributed by atoms with Crippen LogP contribution in [0.1, 0.15) is 20.7 Å². The molecule has 3 rings (SSSR count). The third kappa shape index (κ3) is 4.56. The van der Waals surface area contributed by atoms with Crippen LogP contribution >= 0.6 is 11.3 Å². The van der Waals surface area contributed by atoms with E-state index in [4.69, 9.17) is 0 Å². The van der Waals surface area contributed by atoms with Crippen LogP contribution in [0.2, 0.25) is 0 Å². The molecule has 0 spiro atoms. The van der Waals surface area contributed by atoms with E-state index in [1.165, 1.54) is 43.5 Å². The second kappa shape index (κ2) is 8.24. The molecule has 2 N–H and O–H groups in total. The maximum atomic E-state index is 12.4. The highest BCUT2D eigenvalue weighted by Gasteiger charge is 2.15. The first-order valence-corrected chi connectivity index (χ1v) is 10.4. The normalized spacial score (nSPS) is 10.9. The quantitative estimate of drug-likeness (QED) is 0.598. The Labute approximate surface area is 166 Å². The molecule has 144 valence electrons. The number of carbonyl (C=O) groups is 2. The average Bonchev–Trinajstić information content (AvgIpc) is 3.24. The Hall–Kier alpha value is -3.17. The highest BCUT2D eigenvalue weighted by atomic mass is 32.2. The summed E-state index contributed by atoms with van der Waals surface area (Å²) in [5.74, 6) is -0.895. The van der Waals surface area contributed by atoms with Gasteiger partial charge >= 0.3 is 5.97 Å². The van der Waals surface area contributed by atoms with E-state index in [1.54, 1.807) is 29.6 Å². The van der Waals surface area contributed by atoms with Crippen LogP contribution < -0.4 is 10.0 Å². The van der Waals surface area contributed by atoms with Gasteiger partial charge in [0.15, 0.2) is 0 Å². The predicted octanol–water partition coefficient (Wildman–Crippen LogP) is 3.59. The number of ether oxygens (including phenoxy) is 1. The summed E-state index contributed by atoms with van der Waals surface area (Å²) in [5.41, 5.74) is 1.44. The zero-order chi connectivity index (χ0) is 20.1. The maximum Gasteiger partial charge on any atom is 0.337 e. The first kappa shape index (κ1) is 19.6. The molecule has 2 aromatic carbocycles. The van der Waals surface area contributed by atoms with Crippen molar-refractivity contribution in [3.63, 3.8) is 0 Å². The van der Waals surface area contributed by atoms with Crippen molar-refractivity contribution in [2.45, 2.75) is 4.21 Å². The van der Waals surface area contributed by atoms with Gasteiger partial charge in [0.05, 0.1) is 12.7 Å². The van der Waals surface area contributed by atoms with E-state index in [-0.39, 0.29) is 4.21 Å². The summed E-state index contributed by atoms with van der Waals surface area (Å²) in [5, 5.41) is 4.36.